The van der Waals surface area contributed by atoms with Crippen molar-refractivity contribution in [3.05, 3.63) is 33.9 Å². The van der Waals surface area contributed by atoms with Crippen molar-refractivity contribution in [3.8, 4) is 0 Å². The number of benzene rings is 1. The van der Waals surface area contributed by atoms with Gasteiger partial charge < -0.3 is 14.8 Å². The molecule has 19 heavy (non-hydrogen) atoms. The van der Waals surface area contributed by atoms with Gasteiger partial charge in [0.05, 0.1) is 24.7 Å². The fraction of sp³-hybridized carbons (Fsp3) is 0.538. The van der Waals surface area contributed by atoms with Crippen LogP contribution in [0.5, 0.6) is 0 Å². The maximum Gasteiger partial charge on any atom is 0.292 e. The van der Waals surface area contributed by atoms with Gasteiger partial charge >= 0.3 is 0 Å². The molecule has 1 aliphatic heterocycles. The van der Waals surface area contributed by atoms with Crippen LogP contribution in [-0.2, 0) is 16.1 Å². The van der Waals surface area contributed by atoms with Gasteiger partial charge in [-0.2, -0.15) is 0 Å². The van der Waals surface area contributed by atoms with Crippen molar-refractivity contribution in [1.82, 2.24) is 0 Å². The van der Waals surface area contributed by atoms with Crippen molar-refractivity contribution in [3.63, 3.8) is 0 Å². The summed E-state index contributed by atoms with van der Waals surface area (Å²) in [5.41, 5.74) is 1.40. The molecule has 0 aliphatic carbocycles. The minimum absolute atomic E-state index is 0.0767. The SMILES string of the molecule is CNc1c(COCC2CCOC2)cccc1[N+](=O)[O-]. The highest BCUT2D eigenvalue weighted by molar-refractivity contribution is 5.65. The van der Waals surface area contributed by atoms with Gasteiger partial charge in [-0.3, -0.25) is 10.1 Å². The van der Waals surface area contributed by atoms with E-state index in [9.17, 15) is 10.1 Å². The number of ether oxygens (including phenoxy) is 2. The van der Waals surface area contributed by atoms with Crippen molar-refractivity contribution in [2.75, 3.05) is 32.2 Å². The molecule has 0 saturated carbocycles. The van der Waals surface area contributed by atoms with E-state index < -0.39 is 0 Å². The Kier molecular flexibility index (Phi) is 4.70. The first-order chi connectivity index (χ1) is 9.22. The Morgan fingerprint density at radius 2 is 2.42 bits per heavy atom. The molecule has 1 aromatic carbocycles. The molecule has 0 bridgehead atoms. The fourth-order valence-electron chi connectivity index (χ4n) is 2.20. The highest BCUT2D eigenvalue weighted by Crippen LogP contribution is 2.28. The van der Waals surface area contributed by atoms with E-state index in [1.165, 1.54) is 6.07 Å². The lowest BCUT2D eigenvalue weighted by molar-refractivity contribution is -0.384. The van der Waals surface area contributed by atoms with Crippen LogP contribution in [0.4, 0.5) is 11.4 Å². The van der Waals surface area contributed by atoms with E-state index in [0.29, 0.717) is 24.8 Å². The van der Waals surface area contributed by atoms with Crippen LogP contribution in [0.15, 0.2) is 18.2 Å². The molecule has 0 aromatic heterocycles. The number of nitrogens with zero attached hydrogens (tertiary/aromatic N) is 1. The Morgan fingerprint density at radius 1 is 1.58 bits per heavy atom. The third kappa shape index (κ3) is 3.42. The van der Waals surface area contributed by atoms with Gasteiger partial charge in [-0.15, -0.1) is 0 Å². The number of nitro groups is 1. The minimum atomic E-state index is -0.389. The van der Waals surface area contributed by atoms with E-state index in [-0.39, 0.29) is 10.6 Å². The van der Waals surface area contributed by atoms with Gasteiger partial charge in [0.25, 0.3) is 5.69 Å². The van der Waals surface area contributed by atoms with Crippen LogP contribution in [0.2, 0.25) is 0 Å². The number of hydrogen-bond donors (Lipinski definition) is 1. The number of rotatable bonds is 6. The summed E-state index contributed by atoms with van der Waals surface area (Å²) in [5.74, 6) is 0.441. The Hall–Kier alpha value is -1.66. The van der Waals surface area contributed by atoms with Gasteiger partial charge in [0.2, 0.25) is 0 Å². The summed E-state index contributed by atoms with van der Waals surface area (Å²) >= 11 is 0. The van der Waals surface area contributed by atoms with Crippen LogP contribution in [0.1, 0.15) is 12.0 Å². The number of nitrogens with one attached hydrogen (secondary N) is 1. The van der Waals surface area contributed by atoms with Crippen molar-refractivity contribution in [1.29, 1.82) is 0 Å². The predicted octanol–water partition coefficient (Wildman–Crippen LogP) is 2.19. The van der Waals surface area contributed by atoms with Gasteiger partial charge in [0.15, 0.2) is 0 Å². The molecule has 6 nitrogen and oxygen atoms in total. The summed E-state index contributed by atoms with van der Waals surface area (Å²) in [6.45, 7) is 2.54. The molecular formula is C13H18N2O4. The van der Waals surface area contributed by atoms with Gasteiger partial charge in [0.1, 0.15) is 5.69 Å². The lowest BCUT2D eigenvalue weighted by Crippen LogP contribution is -2.10. The molecule has 0 spiro atoms. The smallest absolute Gasteiger partial charge is 0.292 e. The molecule has 1 N–H and O–H groups in total. The van der Waals surface area contributed by atoms with E-state index in [2.05, 4.69) is 5.32 Å². The molecule has 1 aromatic rings. The topological polar surface area (TPSA) is 73.6 Å². The second-order valence-corrected chi connectivity index (χ2v) is 4.56. The molecule has 0 radical (unpaired) electrons. The Labute approximate surface area is 111 Å². The molecule has 1 unspecified atom stereocenters. The fourth-order valence-corrected chi connectivity index (χ4v) is 2.20. The molecule has 1 atom stereocenters. The van der Waals surface area contributed by atoms with Gasteiger partial charge in [0, 0.05) is 31.2 Å². The number of nitro benzene ring substituents is 1. The quantitative estimate of drug-likeness (QED) is 0.631. The molecule has 104 valence electrons. The van der Waals surface area contributed by atoms with E-state index in [1.807, 2.05) is 6.07 Å². The highest BCUT2D eigenvalue weighted by atomic mass is 16.6. The van der Waals surface area contributed by atoms with Crippen LogP contribution < -0.4 is 5.32 Å². The van der Waals surface area contributed by atoms with Crippen molar-refractivity contribution >= 4 is 11.4 Å². The summed E-state index contributed by atoms with van der Waals surface area (Å²) in [6.07, 6.45) is 1.02. The largest absolute Gasteiger partial charge is 0.382 e. The summed E-state index contributed by atoms with van der Waals surface area (Å²) < 4.78 is 10.9. The molecule has 1 aliphatic rings. The molecule has 1 saturated heterocycles. The maximum absolute atomic E-state index is 10.9. The van der Waals surface area contributed by atoms with Crippen molar-refractivity contribution < 1.29 is 14.4 Å². The van der Waals surface area contributed by atoms with Crippen LogP contribution in [-0.4, -0.2) is 31.8 Å². The monoisotopic (exact) mass is 266 g/mol. The summed E-state index contributed by atoms with van der Waals surface area (Å²) in [7, 11) is 1.68. The zero-order valence-electron chi connectivity index (χ0n) is 10.9. The molecule has 1 heterocycles. The number of hydrogen-bond acceptors (Lipinski definition) is 5. The first-order valence-corrected chi connectivity index (χ1v) is 6.32. The van der Waals surface area contributed by atoms with E-state index in [1.54, 1.807) is 13.1 Å². The van der Waals surface area contributed by atoms with E-state index in [4.69, 9.17) is 9.47 Å². The van der Waals surface area contributed by atoms with Crippen molar-refractivity contribution in [2.45, 2.75) is 13.0 Å². The van der Waals surface area contributed by atoms with E-state index in [0.717, 1.165) is 25.2 Å². The summed E-state index contributed by atoms with van der Waals surface area (Å²) in [5, 5.41) is 13.8. The molecule has 2 rings (SSSR count). The summed E-state index contributed by atoms with van der Waals surface area (Å²) in [4.78, 5) is 10.5. The Morgan fingerprint density at radius 3 is 3.05 bits per heavy atom. The maximum atomic E-state index is 10.9. The number of anilines is 1. The second-order valence-electron chi connectivity index (χ2n) is 4.56. The second kappa shape index (κ2) is 6.49. The average molecular weight is 266 g/mol. The van der Waals surface area contributed by atoms with Gasteiger partial charge in [-0.1, -0.05) is 12.1 Å². The molecular weight excluding hydrogens is 248 g/mol. The first-order valence-electron chi connectivity index (χ1n) is 6.32. The average Bonchev–Trinajstić information content (AvgIpc) is 2.91. The standard InChI is InChI=1S/C13H18N2O4/c1-14-13-11(3-2-4-12(13)15(16)17)9-19-8-10-5-6-18-7-10/h2-4,10,14H,5-9H2,1H3. The first kappa shape index (κ1) is 13.8. The molecule has 6 heteroatoms. The van der Waals surface area contributed by atoms with Crippen LogP contribution in [0, 0.1) is 16.0 Å². The summed E-state index contributed by atoms with van der Waals surface area (Å²) in [6, 6.07) is 5.00. The van der Waals surface area contributed by atoms with Crippen molar-refractivity contribution in [2.24, 2.45) is 5.92 Å². The van der Waals surface area contributed by atoms with E-state index >= 15 is 0 Å². The highest BCUT2D eigenvalue weighted by Gasteiger charge is 2.18. The van der Waals surface area contributed by atoms with Crippen LogP contribution in [0.25, 0.3) is 0 Å². The minimum Gasteiger partial charge on any atom is -0.382 e. The Balaban J connectivity index is 1.98. The third-order valence-corrected chi connectivity index (χ3v) is 3.21. The predicted molar refractivity (Wildman–Crippen MR) is 71.2 cm³/mol. The molecule has 0 amide bonds. The number of para-hydroxylation sites is 1. The van der Waals surface area contributed by atoms with Crippen LogP contribution in [0.3, 0.4) is 0 Å². The Bertz CT molecular complexity index is 444. The lowest BCUT2D eigenvalue weighted by Gasteiger charge is -2.12. The zero-order valence-corrected chi connectivity index (χ0v) is 10.9. The zero-order chi connectivity index (χ0) is 13.7. The van der Waals surface area contributed by atoms with Crippen LogP contribution >= 0.6 is 0 Å². The normalized spacial score (nSPS) is 18.5. The van der Waals surface area contributed by atoms with Gasteiger partial charge in [-0.05, 0) is 6.42 Å². The lowest BCUT2D eigenvalue weighted by atomic mass is 10.1. The van der Waals surface area contributed by atoms with Gasteiger partial charge in [-0.25, -0.2) is 0 Å². The third-order valence-electron chi connectivity index (χ3n) is 3.21. The molecule has 1 fully saturated rings.